The minimum atomic E-state index is -4.04. The van der Waals surface area contributed by atoms with E-state index in [-0.39, 0.29) is 45.7 Å². The van der Waals surface area contributed by atoms with Gasteiger partial charge in [0.25, 0.3) is 5.91 Å². The first-order valence-corrected chi connectivity index (χ1v) is 16.7. The Labute approximate surface area is 283 Å². The first-order valence-electron chi connectivity index (χ1n) is 13.3. The van der Waals surface area contributed by atoms with Crippen LogP contribution >= 0.6 is 50.7 Å². The topological polar surface area (TPSA) is 97.1 Å². The molecule has 45 heavy (non-hydrogen) atoms. The number of hydrogen-bond donors (Lipinski definition) is 0. The number of halogens is 4. The van der Waals surface area contributed by atoms with Crippen molar-refractivity contribution >= 4 is 84.4 Å². The lowest BCUT2D eigenvalue weighted by molar-refractivity contribution is -0.136. The smallest absolute Gasteiger partial charge is 0.340 e. The Morgan fingerprint density at radius 2 is 1.64 bits per heavy atom. The molecule has 3 aromatic carbocycles. The van der Waals surface area contributed by atoms with Crippen molar-refractivity contribution in [3.05, 3.63) is 132 Å². The van der Waals surface area contributed by atoms with Gasteiger partial charge in [0, 0.05) is 27.4 Å². The molecule has 1 aromatic heterocycles. The van der Waals surface area contributed by atoms with E-state index in [0.717, 1.165) is 4.47 Å². The number of rotatable bonds is 9. The van der Waals surface area contributed by atoms with Crippen LogP contribution in [0.25, 0.3) is 6.08 Å². The highest BCUT2D eigenvalue weighted by atomic mass is 79.9. The van der Waals surface area contributed by atoms with Crippen LogP contribution in [0.15, 0.2) is 109 Å². The summed E-state index contributed by atoms with van der Waals surface area (Å²) in [6.45, 7) is 1.45. The van der Waals surface area contributed by atoms with Gasteiger partial charge in [0.1, 0.15) is 11.5 Å². The van der Waals surface area contributed by atoms with E-state index in [1.54, 1.807) is 61.5 Å². The molecule has 2 heterocycles. The summed E-state index contributed by atoms with van der Waals surface area (Å²) in [5, 5.41) is 1.02. The number of hydrogen-bond acceptors (Lipinski definition) is 6. The lowest BCUT2D eigenvalue weighted by Crippen LogP contribution is -2.30. The number of anilines is 1. The molecular weight excluding hydrogens is 727 g/mol. The van der Waals surface area contributed by atoms with E-state index in [4.69, 9.17) is 44.0 Å². The predicted octanol–water partition coefficient (Wildman–Crippen LogP) is 8.27. The van der Waals surface area contributed by atoms with Gasteiger partial charge in [-0.3, -0.25) is 9.69 Å². The van der Waals surface area contributed by atoms with Crippen LogP contribution in [0, 0.1) is 0 Å². The van der Waals surface area contributed by atoms with Crippen molar-refractivity contribution in [2.24, 2.45) is 0 Å². The molecule has 0 spiro atoms. The Hall–Kier alpha value is -3.38. The highest BCUT2D eigenvalue weighted by Crippen LogP contribution is 2.36. The van der Waals surface area contributed by atoms with E-state index in [1.165, 1.54) is 46.7 Å². The van der Waals surface area contributed by atoms with Crippen LogP contribution in [0.1, 0.15) is 24.0 Å². The molecule has 13 heteroatoms. The number of allylic oxidation sites excluding steroid dienone is 1. The van der Waals surface area contributed by atoms with Crippen LogP contribution in [-0.2, 0) is 37.4 Å². The third kappa shape index (κ3) is 7.06. The number of carbonyl (C=O) groups excluding carboxylic acids is 2. The number of esters is 1. The summed E-state index contributed by atoms with van der Waals surface area (Å²) < 4.78 is 40.6. The van der Waals surface area contributed by atoms with Crippen LogP contribution < -0.4 is 4.90 Å². The predicted molar refractivity (Wildman–Crippen MR) is 177 cm³/mol. The maximum absolute atomic E-state index is 13.8. The van der Waals surface area contributed by atoms with Gasteiger partial charge in [0.2, 0.25) is 10.0 Å². The average Bonchev–Trinajstić information content (AvgIpc) is 3.55. The fraction of sp³-hybridized carbons (Fsp3) is 0.125. The number of nitrogens with zero attached hydrogens (tertiary/aromatic N) is 2. The van der Waals surface area contributed by atoms with Gasteiger partial charge in [0.15, 0.2) is 0 Å². The summed E-state index contributed by atoms with van der Waals surface area (Å²) in [6, 6.07) is 21.0. The van der Waals surface area contributed by atoms with Crippen LogP contribution in [0.3, 0.4) is 0 Å². The molecule has 0 saturated carbocycles. The molecule has 0 N–H and O–H groups in total. The second kappa shape index (κ2) is 13.5. The Balaban J connectivity index is 1.49. The fourth-order valence-electron chi connectivity index (χ4n) is 4.78. The average molecular weight is 751 g/mol. The highest BCUT2D eigenvalue weighted by Gasteiger charge is 2.38. The Bertz CT molecular complexity index is 1960. The highest BCUT2D eigenvalue weighted by molar-refractivity contribution is 9.10. The second-order valence-electron chi connectivity index (χ2n) is 9.91. The zero-order valence-corrected chi connectivity index (χ0v) is 28.4. The summed E-state index contributed by atoms with van der Waals surface area (Å²) in [4.78, 5) is 27.9. The number of sulfonamides is 1. The van der Waals surface area contributed by atoms with E-state index in [2.05, 4.69) is 15.9 Å². The van der Waals surface area contributed by atoms with E-state index in [1.807, 2.05) is 0 Å². The van der Waals surface area contributed by atoms with Crippen molar-refractivity contribution in [1.82, 2.24) is 4.31 Å². The third-order valence-corrected chi connectivity index (χ3v) is 10.3. The van der Waals surface area contributed by atoms with Crippen LogP contribution in [0.4, 0.5) is 5.69 Å². The van der Waals surface area contributed by atoms with E-state index < -0.39 is 21.9 Å². The van der Waals surface area contributed by atoms with Gasteiger partial charge in [-0.15, -0.1) is 0 Å². The largest absolute Gasteiger partial charge is 0.465 e. The molecule has 8 nitrogen and oxygen atoms in total. The molecule has 0 aliphatic carbocycles. The summed E-state index contributed by atoms with van der Waals surface area (Å²) in [5.74, 6) is -0.603. The van der Waals surface area contributed by atoms with Gasteiger partial charge >= 0.3 is 5.97 Å². The van der Waals surface area contributed by atoms with Crippen molar-refractivity contribution in [3.63, 3.8) is 0 Å². The molecule has 232 valence electrons. The lowest BCUT2D eigenvalue weighted by atomic mass is 10.1. The number of methoxy groups -OCH3 is 1. The minimum Gasteiger partial charge on any atom is -0.465 e. The van der Waals surface area contributed by atoms with Crippen molar-refractivity contribution in [1.29, 1.82) is 0 Å². The minimum absolute atomic E-state index is 0.0359. The maximum Gasteiger partial charge on any atom is 0.340 e. The molecule has 0 atom stereocenters. The van der Waals surface area contributed by atoms with Gasteiger partial charge in [-0.1, -0.05) is 56.8 Å². The molecule has 0 fully saturated rings. The van der Waals surface area contributed by atoms with Gasteiger partial charge in [0.05, 0.1) is 39.7 Å². The molecule has 1 aliphatic heterocycles. The number of carbonyl (C=O) groups is 2. The number of ether oxygens (including phenoxy) is 1. The Morgan fingerprint density at radius 3 is 2.29 bits per heavy atom. The number of benzene rings is 3. The van der Waals surface area contributed by atoms with Crippen LogP contribution in [0.5, 0.6) is 0 Å². The zero-order valence-electron chi connectivity index (χ0n) is 23.8. The molecule has 1 aliphatic rings. The normalized spacial score (nSPS) is 14.6. The first-order chi connectivity index (χ1) is 21.4. The van der Waals surface area contributed by atoms with Crippen molar-refractivity contribution < 1.29 is 27.2 Å². The number of furan rings is 1. The fourth-order valence-corrected chi connectivity index (χ4v) is 6.88. The van der Waals surface area contributed by atoms with Gasteiger partial charge < -0.3 is 9.15 Å². The Morgan fingerprint density at radius 1 is 0.956 bits per heavy atom. The summed E-state index contributed by atoms with van der Waals surface area (Å²) in [6.07, 6.45) is 1.44. The van der Waals surface area contributed by atoms with Crippen molar-refractivity contribution in [2.75, 3.05) is 12.0 Å². The van der Waals surface area contributed by atoms with Crippen LogP contribution in [0.2, 0.25) is 15.1 Å². The molecule has 0 saturated heterocycles. The van der Waals surface area contributed by atoms with Crippen LogP contribution in [-0.4, -0.2) is 31.7 Å². The molecule has 4 aromatic rings. The lowest BCUT2D eigenvalue weighted by Gasteiger charge is -2.22. The summed E-state index contributed by atoms with van der Waals surface area (Å²) >= 11 is 21.7. The van der Waals surface area contributed by atoms with Crippen molar-refractivity contribution in [2.45, 2.75) is 24.9 Å². The SMILES string of the molecule is COC(=O)C1=C(C)N(c2ccc(Br)cc2)C(=O)/C1=C/c1ccc(CN(Cc2ccc(Cl)c(Cl)c2)S(=O)(=O)c2ccc(Cl)cc2)o1. The Kier molecular flexibility index (Phi) is 9.93. The number of amides is 1. The van der Waals surface area contributed by atoms with E-state index in [9.17, 15) is 18.0 Å². The molecule has 5 rings (SSSR count). The molecule has 0 unspecified atom stereocenters. The monoisotopic (exact) mass is 748 g/mol. The standard InChI is InChI=1S/C32H24BrCl3N2O6S/c1-19-30(32(40)43-2)27(31(39)38(19)23-8-4-21(33)5-9-23)16-24-10-11-25(44-24)18-37(17-20-3-14-28(35)29(36)15-20)45(41,42)26-12-6-22(34)7-13-26/h3-16H,17-18H2,1-2H3/b27-16+. The molecule has 0 radical (unpaired) electrons. The van der Waals surface area contributed by atoms with E-state index >= 15 is 0 Å². The first kappa shape index (κ1) is 33.0. The molecular formula is C32H24BrCl3N2O6S. The quantitative estimate of drug-likeness (QED) is 0.126. The third-order valence-electron chi connectivity index (χ3n) is 6.97. The molecule has 1 amide bonds. The van der Waals surface area contributed by atoms with Crippen molar-refractivity contribution in [3.8, 4) is 0 Å². The van der Waals surface area contributed by atoms with Gasteiger partial charge in [-0.2, -0.15) is 4.31 Å². The van der Waals surface area contributed by atoms with Gasteiger partial charge in [-0.05, 0) is 91.4 Å². The molecule has 0 bridgehead atoms. The second-order valence-corrected chi connectivity index (χ2v) is 14.0. The maximum atomic E-state index is 13.8. The zero-order chi connectivity index (χ0) is 32.5. The summed E-state index contributed by atoms with van der Waals surface area (Å²) in [5.41, 5.74) is 1.73. The summed E-state index contributed by atoms with van der Waals surface area (Å²) in [7, 11) is -2.80. The van der Waals surface area contributed by atoms with Gasteiger partial charge in [-0.25, -0.2) is 13.2 Å². The van der Waals surface area contributed by atoms with E-state index in [0.29, 0.717) is 27.0 Å².